The molecule has 0 unspecified atom stereocenters. The normalized spacial score (nSPS) is 11.3. The Morgan fingerprint density at radius 3 is 2.45 bits per heavy atom. The Bertz CT molecular complexity index is 765. The molecule has 0 aliphatic rings. The molecule has 2 rings (SSSR count). The van der Waals surface area contributed by atoms with Crippen LogP contribution in [0, 0.1) is 0 Å². The van der Waals surface area contributed by atoms with Gasteiger partial charge in [0, 0.05) is 8.95 Å². The Morgan fingerprint density at radius 2 is 1.80 bits per heavy atom. The predicted molar refractivity (Wildman–Crippen MR) is 85.8 cm³/mol. The second-order valence-electron chi connectivity index (χ2n) is 3.85. The summed E-state index contributed by atoms with van der Waals surface area (Å²) in [6, 6.07) is 8.90. The number of phenols is 1. The number of halogens is 3. The summed E-state index contributed by atoms with van der Waals surface area (Å²) in [5.41, 5.74) is 0.264. The van der Waals surface area contributed by atoms with Crippen LogP contribution >= 0.6 is 43.5 Å². The summed E-state index contributed by atoms with van der Waals surface area (Å²) in [5, 5.41) is 9.38. The van der Waals surface area contributed by atoms with Crippen LogP contribution in [0.25, 0.3) is 0 Å². The van der Waals surface area contributed by atoms with Crippen LogP contribution in [0.1, 0.15) is 0 Å². The SMILES string of the molecule is O=S(=O)(Nc1ccc(O)c(Cl)c1)c1cc(Br)ccc1Br. The molecule has 0 aliphatic carbocycles. The smallest absolute Gasteiger partial charge is 0.263 e. The first-order valence-corrected chi connectivity index (χ1v) is 8.71. The molecule has 106 valence electrons. The van der Waals surface area contributed by atoms with Crippen LogP contribution in [0.4, 0.5) is 5.69 Å². The predicted octanol–water partition coefficient (Wildman–Crippen LogP) is 4.37. The maximum Gasteiger partial charge on any atom is 0.263 e. The van der Waals surface area contributed by atoms with Gasteiger partial charge in [0.25, 0.3) is 10.0 Å². The topological polar surface area (TPSA) is 66.4 Å². The van der Waals surface area contributed by atoms with Gasteiger partial charge < -0.3 is 5.11 Å². The molecule has 0 bridgehead atoms. The zero-order chi connectivity index (χ0) is 14.9. The number of nitrogens with one attached hydrogen (secondary N) is 1. The second-order valence-corrected chi connectivity index (χ2v) is 7.67. The van der Waals surface area contributed by atoms with Crippen LogP contribution in [0.5, 0.6) is 5.75 Å². The van der Waals surface area contributed by atoms with Gasteiger partial charge in [-0.15, -0.1) is 0 Å². The van der Waals surface area contributed by atoms with Gasteiger partial charge in [0.2, 0.25) is 0 Å². The van der Waals surface area contributed by atoms with Crippen molar-refractivity contribution in [1.82, 2.24) is 0 Å². The van der Waals surface area contributed by atoms with Gasteiger partial charge in [-0.1, -0.05) is 27.5 Å². The van der Waals surface area contributed by atoms with Crippen molar-refractivity contribution >= 4 is 59.2 Å². The van der Waals surface area contributed by atoms with E-state index in [0.717, 1.165) is 0 Å². The molecular formula is C12H8Br2ClNO3S. The molecule has 0 aliphatic heterocycles. The van der Waals surface area contributed by atoms with Crippen LogP contribution in [-0.2, 0) is 10.0 Å². The molecule has 4 nitrogen and oxygen atoms in total. The molecule has 0 heterocycles. The van der Waals surface area contributed by atoms with Gasteiger partial charge in [0.15, 0.2) is 0 Å². The van der Waals surface area contributed by atoms with Crippen molar-refractivity contribution in [2.45, 2.75) is 4.90 Å². The molecule has 0 atom stereocenters. The standard InChI is InChI=1S/C12H8Br2ClNO3S/c13-7-1-3-9(14)12(5-7)20(18,19)16-8-2-4-11(17)10(15)6-8/h1-6,16-17H. The minimum Gasteiger partial charge on any atom is -0.506 e. The minimum atomic E-state index is -3.76. The van der Waals surface area contributed by atoms with Crippen LogP contribution < -0.4 is 4.72 Å². The Hall–Kier alpha value is -0.760. The zero-order valence-electron chi connectivity index (χ0n) is 9.77. The summed E-state index contributed by atoms with van der Waals surface area (Å²) in [6.07, 6.45) is 0. The van der Waals surface area contributed by atoms with E-state index in [2.05, 4.69) is 36.6 Å². The van der Waals surface area contributed by atoms with E-state index in [4.69, 9.17) is 11.6 Å². The van der Waals surface area contributed by atoms with Crippen molar-refractivity contribution in [3.63, 3.8) is 0 Å². The lowest BCUT2D eigenvalue weighted by atomic mass is 10.3. The van der Waals surface area contributed by atoms with Crippen LogP contribution in [0.15, 0.2) is 50.2 Å². The number of hydrogen-bond acceptors (Lipinski definition) is 3. The first kappa shape index (κ1) is 15.6. The highest BCUT2D eigenvalue weighted by atomic mass is 79.9. The third-order valence-corrected chi connectivity index (χ3v) is 5.55. The third-order valence-electron chi connectivity index (χ3n) is 2.38. The van der Waals surface area contributed by atoms with E-state index in [1.165, 1.54) is 24.3 Å². The first-order valence-electron chi connectivity index (χ1n) is 5.26. The summed E-state index contributed by atoms with van der Waals surface area (Å²) in [7, 11) is -3.76. The Labute approximate surface area is 138 Å². The average Bonchev–Trinajstić information content (AvgIpc) is 2.36. The lowest BCUT2D eigenvalue weighted by molar-refractivity contribution is 0.475. The van der Waals surface area contributed by atoms with Crippen molar-refractivity contribution in [1.29, 1.82) is 0 Å². The number of phenolic OH excluding ortho intramolecular Hbond substituents is 1. The highest BCUT2D eigenvalue weighted by Gasteiger charge is 2.18. The molecule has 2 aromatic rings. The summed E-state index contributed by atoms with van der Waals surface area (Å²) < 4.78 is 28.1. The van der Waals surface area contributed by atoms with Crippen LogP contribution in [0.2, 0.25) is 5.02 Å². The molecule has 0 fully saturated rings. The summed E-state index contributed by atoms with van der Waals surface area (Å²) in [6.45, 7) is 0. The van der Waals surface area contributed by atoms with Gasteiger partial charge in [-0.3, -0.25) is 4.72 Å². The molecule has 0 amide bonds. The van der Waals surface area contributed by atoms with E-state index in [1.807, 2.05) is 0 Å². The molecule has 2 N–H and O–H groups in total. The fourth-order valence-corrected chi connectivity index (χ4v) is 4.20. The van der Waals surface area contributed by atoms with Crippen molar-refractivity contribution in [2.24, 2.45) is 0 Å². The number of benzene rings is 2. The van der Waals surface area contributed by atoms with Gasteiger partial charge in [-0.05, 0) is 52.3 Å². The van der Waals surface area contributed by atoms with E-state index in [-0.39, 0.29) is 21.4 Å². The van der Waals surface area contributed by atoms with E-state index in [9.17, 15) is 13.5 Å². The van der Waals surface area contributed by atoms with Gasteiger partial charge in [-0.2, -0.15) is 0 Å². The molecule has 0 radical (unpaired) electrons. The van der Waals surface area contributed by atoms with E-state index < -0.39 is 10.0 Å². The molecule has 20 heavy (non-hydrogen) atoms. The number of hydrogen-bond donors (Lipinski definition) is 2. The highest BCUT2D eigenvalue weighted by molar-refractivity contribution is 9.11. The van der Waals surface area contributed by atoms with Crippen LogP contribution in [0.3, 0.4) is 0 Å². The molecule has 0 spiro atoms. The summed E-state index contributed by atoms with van der Waals surface area (Å²) in [4.78, 5) is 0.0936. The molecule has 0 saturated heterocycles. The van der Waals surface area contributed by atoms with Gasteiger partial charge in [0.05, 0.1) is 10.7 Å². The summed E-state index contributed by atoms with van der Waals surface area (Å²) >= 11 is 12.2. The third kappa shape index (κ3) is 3.46. The van der Waals surface area contributed by atoms with E-state index >= 15 is 0 Å². The quantitative estimate of drug-likeness (QED) is 0.695. The van der Waals surface area contributed by atoms with Crippen molar-refractivity contribution in [3.05, 3.63) is 50.4 Å². The number of rotatable bonds is 3. The second kappa shape index (κ2) is 5.93. The number of aromatic hydroxyl groups is 1. The molecule has 2 aromatic carbocycles. The van der Waals surface area contributed by atoms with Gasteiger partial charge in [0.1, 0.15) is 10.6 Å². The average molecular weight is 442 g/mol. The number of sulfonamides is 1. The monoisotopic (exact) mass is 439 g/mol. The Morgan fingerprint density at radius 1 is 1.10 bits per heavy atom. The van der Waals surface area contributed by atoms with E-state index in [0.29, 0.717) is 8.95 Å². The molecule has 8 heteroatoms. The Kier molecular flexibility index (Phi) is 4.63. The number of anilines is 1. The largest absolute Gasteiger partial charge is 0.506 e. The van der Waals surface area contributed by atoms with Crippen LogP contribution in [-0.4, -0.2) is 13.5 Å². The maximum absolute atomic E-state index is 12.3. The highest BCUT2D eigenvalue weighted by Crippen LogP contribution is 2.30. The first-order chi connectivity index (χ1) is 9.29. The fraction of sp³-hybridized carbons (Fsp3) is 0. The van der Waals surface area contributed by atoms with Crippen molar-refractivity contribution in [2.75, 3.05) is 4.72 Å². The van der Waals surface area contributed by atoms with E-state index in [1.54, 1.807) is 12.1 Å². The lowest BCUT2D eigenvalue weighted by Gasteiger charge is -2.10. The zero-order valence-corrected chi connectivity index (χ0v) is 14.5. The maximum atomic E-state index is 12.3. The van der Waals surface area contributed by atoms with Crippen molar-refractivity contribution < 1.29 is 13.5 Å². The minimum absolute atomic E-state index is 0.0681. The van der Waals surface area contributed by atoms with Crippen molar-refractivity contribution in [3.8, 4) is 5.75 Å². The van der Waals surface area contributed by atoms with Gasteiger partial charge in [-0.25, -0.2) is 8.42 Å². The lowest BCUT2D eigenvalue weighted by Crippen LogP contribution is -2.13. The summed E-state index contributed by atoms with van der Waals surface area (Å²) in [5.74, 6) is -0.113. The Balaban J connectivity index is 2.40. The molecular weight excluding hydrogens is 433 g/mol. The van der Waals surface area contributed by atoms with Gasteiger partial charge >= 0.3 is 0 Å². The molecule has 0 saturated carbocycles. The fourth-order valence-electron chi connectivity index (χ4n) is 1.46. The molecule has 0 aromatic heterocycles.